The molecule has 2 aromatic heterocycles. The van der Waals surface area contributed by atoms with E-state index in [0.29, 0.717) is 5.56 Å². The Hall–Kier alpha value is -4.79. The molecule has 0 unspecified atom stereocenters. The van der Waals surface area contributed by atoms with Crippen LogP contribution in [0.2, 0.25) is 0 Å². The first-order valence-electron chi connectivity index (χ1n) is 14.1. The molecule has 0 saturated heterocycles. The minimum atomic E-state index is 0.200. The lowest BCUT2D eigenvalue weighted by Gasteiger charge is -2.08. The first-order valence-corrected chi connectivity index (χ1v) is 16.0. The van der Waals surface area contributed by atoms with E-state index in [1.165, 1.54) is 0 Å². The van der Waals surface area contributed by atoms with Crippen molar-refractivity contribution in [1.29, 1.82) is 0 Å². The van der Waals surface area contributed by atoms with Crippen LogP contribution in [0.1, 0.15) is 5.56 Å². The summed E-state index contributed by atoms with van der Waals surface area (Å²) in [7, 11) is 0. The number of furan rings is 1. The standard InChI is InChI=1S/C38H23IN2O2S/c39-26-17-18-33(42)25(19-26)22-40-32-15-6-4-12-30(32)38-41-36-31(23-9-2-1-3-10-23)20-24(21-35(36)44-38)27-13-8-14-29-28-11-5-7-16-34(28)43-37(27)29/h1-22,42H/b40-22+. The molecule has 0 bridgehead atoms. The van der Waals surface area contributed by atoms with Gasteiger partial charge in [0, 0.05) is 42.8 Å². The number of aliphatic imine (C=N–C) groups is 1. The summed E-state index contributed by atoms with van der Waals surface area (Å²) < 4.78 is 8.53. The highest BCUT2D eigenvalue weighted by molar-refractivity contribution is 14.1. The summed E-state index contributed by atoms with van der Waals surface area (Å²) in [6.07, 6.45) is 1.71. The van der Waals surface area contributed by atoms with Gasteiger partial charge in [-0.05, 0) is 82.2 Å². The van der Waals surface area contributed by atoms with Crippen LogP contribution in [-0.4, -0.2) is 16.3 Å². The number of nitrogens with zero attached hydrogens (tertiary/aromatic N) is 2. The summed E-state index contributed by atoms with van der Waals surface area (Å²) >= 11 is 3.89. The number of hydrogen-bond donors (Lipinski definition) is 1. The normalized spacial score (nSPS) is 11.8. The predicted octanol–water partition coefficient (Wildman–Crippen LogP) is 11.3. The maximum absolute atomic E-state index is 10.3. The highest BCUT2D eigenvalue weighted by atomic mass is 127. The van der Waals surface area contributed by atoms with Crippen molar-refractivity contribution in [2.75, 3.05) is 0 Å². The van der Waals surface area contributed by atoms with Crippen molar-refractivity contribution in [3.05, 3.63) is 137 Å². The zero-order valence-corrected chi connectivity index (χ0v) is 26.2. The Bertz CT molecular complexity index is 2370. The Morgan fingerprint density at radius 1 is 0.705 bits per heavy atom. The fourth-order valence-electron chi connectivity index (χ4n) is 5.65. The third kappa shape index (κ3) is 4.76. The fourth-order valence-corrected chi connectivity index (χ4v) is 7.23. The number of phenolic OH excluding ortho intramolecular Hbond substituents is 1. The Morgan fingerprint density at radius 3 is 2.39 bits per heavy atom. The topological polar surface area (TPSA) is 58.6 Å². The number of halogens is 1. The van der Waals surface area contributed by atoms with Crippen LogP contribution in [0, 0.1) is 3.57 Å². The molecule has 0 spiro atoms. The quantitative estimate of drug-likeness (QED) is 0.144. The van der Waals surface area contributed by atoms with Crippen molar-refractivity contribution in [2.45, 2.75) is 0 Å². The lowest BCUT2D eigenvalue weighted by molar-refractivity contribution is 0.474. The second-order valence-electron chi connectivity index (χ2n) is 10.5. The molecule has 2 heterocycles. The first kappa shape index (κ1) is 26.8. The molecule has 0 aliphatic carbocycles. The summed E-state index contributed by atoms with van der Waals surface area (Å²) in [5.41, 5.74) is 9.43. The van der Waals surface area contributed by atoms with Crippen molar-refractivity contribution >= 4 is 78.0 Å². The van der Waals surface area contributed by atoms with Gasteiger partial charge in [0.05, 0.1) is 15.9 Å². The van der Waals surface area contributed by atoms with E-state index in [4.69, 9.17) is 14.4 Å². The lowest BCUT2D eigenvalue weighted by atomic mass is 9.97. The van der Waals surface area contributed by atoms with E-state index in [-0.39, 0.29) is 5.75 Å². The highest BCUT2D eigenvalue weighted by Gasteiger charge is 2.18. The van der Waals surface area contributed by atoms with Crippen LogP contribution < -0.4 is 0 Å². The van der Waals surface area contributed by atoms with Crippen LogP contribution in [0.5, 0.6) is 5.75 Å². The molecular weight excluding hydrogens is 675 g/mol. The predicted molar refractivity (Wildman–Crippen MR) is 191 cm³/mol. The van der Waals surface area contributed by atoms with Crippen molar-refractivity contribution in [1.82, 2.24) is 4.98 Å². The molecule has 6 aromatic carbocycles. The van der Waals surface area contributed by atoms with Gasteiger partial charge in [-0.2, -0.15) is 0 Å². The molecule has 8 rings (SSSR count). The van der Waals surface area contributed by atoms with Crippen molar-refractivity contribution in [3.63, 3.8) is 0 Å². The van der Waals surface area contributed by atoms with Crippen molar-refractivity contribution in [2.24, 2.45) is 4.99 Å². The van der Waals surface area contributed by atoms with Crippen LogP contribution >= 0.6 is 33.9 Å². The monoisotopic (exact) mass is 698 g/mol. The molecule has 6 heteroatoms. The van der Waals surface area contributed by atoms with E-state index in [1.54, 1.807) is 23.6 Å². The van der Waals surface area contributed by atoms with E-state index in [0.717, 1.165) is 74.2 Å². The smallest absolute Gasteiger partial charge is 0.143 e. The number of thiazole rings is 1. The molecule has 0 saturated carbocycles. The first-order chi connectivity index (χ1) is 21.6. The molecule has 0 atom stereocenters. The van der Waals surface area contributed by atoms with Crippen LogP contribution in [0.3, 0.4) is 0 Å². The Labute approximate surface area is 271 Å². The second kappa shape index (κ2) is 11.0. The third-order valence-electron chi connectivity index (χ3n) is 7.76. The summed E-state index contributed by atoms with van der Waals surface area (Å²) in [6.45, 7) is 0. The van der Waals surface area contributed by atoms with Gasteiger partial charge in [-0.1, -0.05) is 78.9 Å². The van der Waals surface area contributed by atoms with Crippen LogP contribution in [0.15, 0.2) is 137 Å². The molecule has 0 amide bonds. The van der Waals surface area contributed by atoms with Crippen LogP contribution in [-0.2, 0) is 0 Å². The molecule has 210 valence electrons. The number of para-hydroxylation sites is 3. The maximum atomic E-state index is 10.3. The van der Waals surface area contributed by atoms with Crippen LogP contribution in [0.4, 0.5) is 5.69 Å². The zero-order chi connectivity index (χ0) is 29.6. The van der Waals surface area contributed by atoms with Gasteiger partial charge < -0.3 is 9.52 Å². The summed E-state index contributed by atoms with van der Waals surface area (Å²) in [5, 5.41) is 13.5. The number of fused-ring (bicyclic) bond motifs is 4. The number of hydrogen-bond acceptors (Lipinski definition) is 5. The molecule has 1 N–H and O–H groups in total. The number of aromatic hydroxyl groups is 1. The van der Waals surface area contributed by atoms with Gasteiger partial charge >= 0.3 is 0 Å². The Morgan fingerprint density at radius 2 is 1.48 bits per heavy atom. The molecule has 0 fully saturated rings. The van der Waals surface area contributed by atoms with Gasteiger partial charge in [0.2, 0.25) is 0 Å². The largest absolute Gasteiger partial charge is 0.507 e. The zero-order valence-electron chi connectivity index (χ0n) is 23.2. The fraction of sp³-hybridized carbons (Fsp3) is 0. The van der Waals surface area contributed by atoms with Crippen LogP contribution in [0.25, 0.3) is 65.0 Å². The minimum absolute atomic E-state index is 0.200. The SMILES string of the molecule is Oc1ccc(I)cc1/C=N/c1ccccc1-c1nc2c(-c3ccccc3)cc(-c3cccc4c3oc3ccccc34)cc2s1. The molecule has 0 aliphatic heterocycles. The average molecular weight is 699 g/mol. The molecular formula is C38H23IN2O2S. The van der Waals surface area contributed by atoms with Crippen molar-refractivity contribution < 1.29 is 9.52 Å². The maximum Gasteiger partial charge on any atom is 0.143 e. The average Bonchev–Trinajstić information content (AvgIpc) is 3.67. The third-order valence-corrected chi connectivity index (χ3v) is 9.47. The Kier molecular flexibility index (Phi) is 6.73. The Balaban J connectivity index is 1.31. The second-order valence-corrected chi connectivity index (χ2v) is 12.8. The summed E-state index contributed by atoms with van der Waals surface area (Å²) in [5.74, 6) is 0.200. The summed E-state index contributed by atoms with van der Waals surface area (Å²) in [4.78, 5) is 10.0. The van der Waals surface area contributed by atoms with Gasteiger partial charge in [0.15, 0.2) is 0 Å². The molecule has 0 radical (unpaired) electrons. The lowest BCUT2D eigenvalue weighted by Crippen LogP contribution is -1.86. The van der Waals surface area contributed by atoms with E-state index in [9.17, 15) is 5.11 Å². The van der Waals surface area contributed by atoms with E-state index in [2.05, 4.69) is 89.3 Å². The molecule has 0 aliphatic rings. The van der Waals surface area contributed by atoms with E-state index in [1.807, 2.05) is 54.6 Å². The highest BCUT2D eigenvalue weighted by Crippen LogP contribution is 2.43. The molecule has 8 aromatic rings. The number of aromatic nitrogens is 1. The van der Waals surface area contributed by atoms with Gasteiger partial charge in [-0.25, -0.2) is 4.98 Å². The van der Waals surface area contributed by atoms with Crippen molar-refractivity contribution in [3.8, 4) is 38.6 Å². The summed E-state index contributed by atoms with van der Waals surface area (Å²) in [6, 6.07) is 42.9. The molecule has 4 nitrogen and oxygen atoms in total. The number of benzene rings is 6. The number of phenols is 1. The van der Waals surface area contributed by atoms with Gasteiger partial charge in [-0.3, -0.25) is 4.99 Å². The number of rotatable bonds is 5. The van der Waals surface area contributed by atoms with E-state index >= 15 is 0 Å². The minimum Gasteiger partial charge on any atom is -0.507 e. The van der Waals surface area contributed by atoms with E-state index < -0.39 is 0 Å². The van der Waals surface area contributed by atoms with Gasteiger partial charge in [0.25, 0.3) is 0 Å². The van der Waals surface area contributed by atoms with Gasteiger partial charge in [-0.15, -0.1) is 11.3 Å². The molecule has 44 heavy (non-hydrogen) atoms. The van der Waals surface area contributed by atoms with Gasteiger partial charge in [0.1, 0.15) is 21.9 Å².